The zero-order valence-corrected chi connectivity index (χ0v) is 34.4. The van der Waals surface area contributed by atoms with Crippen LogP contribution in [0.1, 0.15) is 36.1 Å². The molecule has 3 nitrogen and oxygen atoms in total. The number of furan rings is 1. The Bertz CT molecular complexity index is 3790. The van der Waals surface area contributed by atoms with E-state index < -0.39 is 0 Å². The summed E-state index contributed by atoms with van der Waals surface area (Å²) in [6.45, 7) is 4.74. The predicted octanol–water partition coefficient (Wildman–Crippen LogP) is 16.4. The van der Waals surface area contributed by atoms with Crippen molar-refractivity contribution in [2.24, 2.45) is 0 Å². The summed E-state index contributed by atoms with van der Waals surface area (Å²) in [5, 5.41) is 9.88. The van der Waals surface area contributed by atoms with Crippen molar-refractivity contribution >= 4 is 94.5 Å². The summed E-state index contributed by atoms with van der Waals surface area (Å²) in [4.78, 5) is 2.38. The largest absolute Gasteiger partial charge is 0.456 e. The number of rotatable bonds is 6. The standard InChI is InChI=1S/C59H40N2O/c1-59(2)51-32-37(19-20-38-31-42-23-22-40-13-10-17-53-57(40)58(42)54(33-38)61(53)43-14-4-3-5-15-43)21-28-47(51)48-29-26-45(35-52(48)59)60(44-25-24-39-11-6-7-12-41(39)34-44)46-27-30-50-49-16-8-9-18-55(49)62-56(50)36-46/h3-36H,1-2H3. The van der Waals surface area contributed by atoms with Crippen molar-refractivity contribution in [2.45, 2.75) is 19.3 Å². The molecule has 0 bridgehead atoms. The van der Waals surface area contributed by atoms with Gasteiger partial charge in [-0.3, -0.25) is 0 Å². The van der Waals surface area contributed by atoms with Crippen LogP contribution in [0, 0.1) is 0 Å². The first-order valence-corrected chi connectivity index (χ1v) is 21.5. The number of aromatic nitrogens is 1. The van der Waals surface area contributed by atoms with Gasteiger partial charge in [-0.05, 0) is 128 Å². The van der Waals surface area contributed by atoms with E-state index in [1.165, 1.54) is 82.4 Å². The van der Waals surface area contributed by atoms with Crippen LogP contribution < -0.4 is 4.90 Å². The monoisotopic (exact) mass is 792 g/mol. The summed E-state index contributed by atoms with van der Waals surface area (Å²) in [5.74, 6) is 0. The second-order valence-electron chi connectivity index (χ2n) is 17.4. The first-order chi connectivity index (χ1) is 30.5. The Kier molecular flexibility index (Phi) is 7.36. The van der Waals surface area contributed by atoms with E-state index in [0.717, 1.165) is 39.0 Å². The molecule has 0 radical (unpaired) electrons. The minimum Gasteiger partial charge on any atom is -0.456 e. The number of nitrogens with zero attached hydrogens (tertiary/aromatic N) is 2. The molecule has 0 atom stereocenters. The van der Waals surface area contributed by atoms with Gasteiger partial charge in [-0.2, -0.15) is 0 Å². The van der Waals surface area contributed by atoms with Crippen LogP contribution in [0.4, 0.5) is 17.1 Å². The molecule has 1 aliphatic carbocycles. The summed E-state index contributed by atoms with van der Waals surface area (Å²) in [5.41, 5.74) is 16.1. The Morgan fingerprint density at radius 2 is 1.08 bits per heavy atom. The molecule has 3 heteroatoms. The first-order valence-electron chi connectivity index (χ1n) is 21.5. The highest BCUT2D eigenvalue weighted by atomic mass is 16.3. The zero-order chi connectivity index (χ0) is 41.1. The molecule has 0 amide bonds. The van der Waals surface area contributed by atoms with Crippen molar-refractivity contribution in [1.29, 1.82) is 0 Å². The normalized spacial score (nSPS) is 13.4. The highest BCUT2D eigenvalue weighted by Crippen LogP contribution is 2.51. The molecule has 2 aromatic heterocycles. The molecule has 0 saturated heterocycles. The van der Waals surface area contributed by atoms with E-state index in [2.05, 4.69) is 217 Å². The second-order valence-corrected chi connectivity index (χ2v) is 17.4. The lowest BCUT2D eigenvalue weighted by molar-refractivity contribution is 0.660. The van der Waals surface area contributed by atoms with Gasteiger partial charge in [0, 0.05) is 55.8 Å². The molecule has 0 aliphatic heterocycles. The van der Waals surface area contributed by atoms with Gasteiger partial charge < -0.3 is 13.9 Å². The highest BCUT2D eigenvalue weighted by molar-refractivity contribution is 6.24. The minimum absolute atomic E-state index is 0.218. The van der Waals surface area contributed by atoms with Gasteiger partial charge in [0.25, 0.3) is 0 Å². The average Bonchev–Trinajstić information content (AvgIpc) is 3.93. The smallest absolute Gasteiger partial charge is 0.137 e. The number of para-hydroxylation sites is 2. The van der Waals surface area contributed by atoms with E-state index >= 15 is 0 Å². The number of fused-ring (bicyclic) bond motifs is 7. The van der Waals surface area contributed by atoms with E-state index in [9.17, 15) is 0 Å². The molecule has 0 fully saturated rings. The molecule has 13 rings (SSSR count). The van der Waals surface area contributed by atoms with Crippen molar-refractivity contribution in [1.82, 2.24) is 4.57 Å². The van der Waals surface area contributed by atoms with Gasteiger partial charge in [0.15, 0.2) is 0 Å². The van der Waals surface area contributed by atoms with Crippen LogP contribution in [0.5, 0.6) is 0 Å². The molecular weight excluding hydrogens is 753 g/mol. The first kappa shape index (κ1) is 34.9. The van der Waals surface area contributed by atoms with Gasteiger partial charge in [-0.1, -0.05) is 141 Å². The fourth-order valence-electron chi connectivity index (χ4n) is 10.5. The van der Waals surface area contributed by atoms with Crippen molar-refractivity contribution in [3.8, 4) is 16.8 Å². The summed E-state index contributed by atoms with van der Waals surface area (Å²) >= 11 is 0. The summed E-state index contributed by atoms with van der Waals surface area (Å²) in [6.07, 6.45) is 4.56. The van der Waals surface area contributed by atoms with E-state index in [0.29, 0.717) is 0 Å². The van der Waals surface area contributed by atoms with E-state index in [1.807, 2.05) is 12.1 Å². The fraction of sp³-hybridized carbons (Fsp3) is 0.0508. The lowest BCUT2D eigenvalue weighted by Gasteiger charge is -2.28. The number of hydrogen-bond acceptors (Lipinski definition) is 2. The topological polar surface area (TPSA) is 21.3 Å². The Balaban J connectivity index is 0.891. The van der Waals surface area contributed by atoms with E-state index in [4.69, 9.17) is 4.42 Å². The number of anilines is 3. The maximum atomic E-state index is 6.43. The summed E-state index contributed by atoms with van der Waals surface area (Å²) in [6, 6.07) is 70.9. The summed E-state index contributed by atoms with van der Waals surface area (Å²) in [7, 11) is 0. The molecule has 10 aromatic carbocycles. The molecule has 0 saturated carbocycles. The molecule has 2 heterocycles. The molecule has 12 aromatic rings. The Morgan fingerprint density at radius 3 is 1.98 bits per heavy atom. The third-order valence-electron chi connectivity index (χ3n) is 13.5. The maximum Gasteiger partial charge on any atom is 0.137 e. The molecule has 1 aliphatic rings. The van der Waals surface area contributed by atoms with Crippen molar-refractivity contribution in [2.75, 3.05) is 4.90 Å². The molecule has 62 heavy (non-hydrogen) atoms. The van der Waals surface area contributed by atoms with Crippen molar-refractivity contribution in [3.05, 3.63) is 216 Å². The van der Waals surface area contributed by atoms with Gasteiger partial charge in [0.1, 0.15) is 11.2 Å². The maximum absolute atomic E-state index is 6.43. The van der Waals surface area contributed by atoms with Gasteiger partial charge in [-0.25, -0.2) is 0 Å². The highest BCUT2D eigenvalue weighted by Gasteiger charge is 2.36. The SMILES string of the molecule is CC1(C)c2cc(C=Cc3cc4ccc5cccc6c5c4c(c3)n6-c3ccccc3)ccc2-c2ccc(N(c3ccc4ccccc4c3)c3ccc4c(c3)oc3ccccc34)cc21. The van der Waals surface area contributed by atoms with Gasteiger partial charge in [0.05, 0.1) is 11.0 Å². The Labute approximate surface area is 359 Å². The van der Waals surface area contributed by atoms with E-state index in [1.54, 1.807) is 0 Å². The minimum atomic E-state index is -0.218. The number of benzene rings is 10. The quantitative estimate of drug-likeness (QED) is 0.124. The van der Waals surface area contributed by atoms with Gasteiger partial charge in [-0.15, -0.1) is 0 Å². The van der Waals surface area contributed by atoms with Crippen LogP contribution in [0.25, 0.3) is 94.3 Å². The number of hydrogen-bond donors (Lipinski definition) is 0. The lowest BCUT2D eigenvalue weighted by Crippen LogP contribution is -2.16. The fourth-order valence-corrected chi connectivity index (χ4v) is 10.5. The lowest BCUT2D eigenvalue weighted by atomic mass is 9.81. The van der Waals surface area contributed by atoms with Crippen LogP contribution in [0.2, 0.25) is 0 Å². The Morgan fingerprint density at radius 1 is 0.435 bits per heavy atom. The van der Waals surface area contributed by atoms with Crippen molar-refractivity contribution < 1.29 is 4.42 Å². The molecular formula is C59H40N2O. The van der Waals surface area contributed by atoms with Crippen LogP contribution in [-0.4, -0.2) is 4.57 Å². The second kappa shape index (κ2) is 13.1. The van der Waals surface area contributed by atoms with Gasteiger partial charge >= 0.3 is 0 Å². The third kappa shape index (κ3) is 5.18. The Hall–Kier alpha value is -7.88. The molecule has 0 spiro atoms. The predicted molar refractivity (Wildman–Crippen MR) is 262 cm³/mol. The van der Waals surface area contributed by atoms with Crippen molar-refractivity contribution in [3.63, 3.8) is 0 Å². The van der Waals surface area contributed by atoms with Crippen LogP contribution in [0.3, 0.4) is 0 Å². The van der Waals surface area contributed by atoms with Crippen LogP contribution >= 0.6 is 0 Å². The van der Waals surface area contributed by atoms with Crippen LogP contribution in [-0.2, 0) is 5.41 Å². The summed E-state index contributed by atoms with van der Waals surface area (Å²) < 4.78 is 8.85. The van der Waals surface area contributed by atoms with E-state index in [-0.39, 0.29) is 5.41 Å². The molecule has 0 N–H and O–H groups in total. The zero-order valence-electron chi connectivity index (χ0n) is 34.4. The molecule has 292 valence electrons. The van der Waals surface area contributed by atoms with Gasteiger partial charge in [0.2, 0.25) is 0 Å². The molecule has 0 unspecified atom stereocenters. The van der Waals surface area contributed by atoms with Crippen LogP contribution in [0.15, 0.2) is 199 Å². The third-order valence-corrected chi connectivity index (χ3v) is 13.5. The average molecular weight is 793 g/mol.